The van der Waals surface area contributed by atoms with Gasteiger partial charge in [0.15, 0.2) is 0 Å². The van der Waals surface area contributed by atoms with Crippen LogP contribution in [0.15, 0.2) is 60.9 Å². The summed E-state index contributed by atoms with van der Waals surface area (Å²) in [6.45, 7) is 5.21. The van der Waals surface area contributed by atoms with Crippen LogP contribution in [0.5, 0.6) is 0 Å². The molecular formula is C21H22N4O. The van der Waals surface area contributed by atoms with E-state index in [2.05, 4.69) is 39.7 Å². The maximum Gasteiger partial charge on any atom is 0.254 e. The molecule has 132 valence electrons. The fourth-order valence-electron chi connectivity index (χ4n) is 2.63. The van der Waals surface area contributed by atoms with Crippen LogP contribution in [0.3, 0.4) is 0 Å². The number of carbonyl (C=O) groups excluding carboxylic acids is 1. The minimum absolute atomic E-state index is 0.182. The molecule has 0 fully saturated rings. The molecule has 0 spiro atoms. The number of nitrogens with one attached hydrogen (secondary N) is 2. The molecule has 3 aromatic rings. The zero-order valence-corrected chi connectivity index (χ0v) is 15.0. The van der Waals surface area contributed by atoms with Gasteiger partial charge in [-0.05, 0) is 30.5 Å². The predicted octanol–water partition coefficient (Wildman–Crippen LogP) is 3.64. The summed E-state index contributed by atoms with van der Waals surface area (Å²) in [5, 5.41) is 6.07. The summed E-state index contributed by atoms with van der Waals surface area (Å²) in [5.74, 6) is 0.320. The van der Waals surface area contributed by atoms with E-state index in [1.165, 1.54) is 5.56 Å². The van der Waals surface area contributed by atoms with E-state index in [0.29, 0.717) is 24.6 Å². The summed E-state index contributed by atoms with van der Waals surface area (Å²) in [7, 11) is 0. The third-order valence-electron chi connectivity index (χ3n) is 4.15. The van der Waals surface area contributed by atoms with Gasteiger partial charge in [0.2, 0.25) is 5.95 Å². The SMILES string of the molecule is Cc1cccc(CNc2ncc(C(=O)NCc3ccccc3C)cn2)c1. The first-order valence-corrected chi connectivity index (χ1v) is 8.56. The van der Waals surface area contributed by atoms with Gasteiger partial charge in [0.25, 0.3) is 5.91 Å². The second kappa shape index (κ2) is 8.25. The molecule has 1 aromatic heterocycles. The smallest absolute Gasteiger partial charge is 0.254 e. The first kappa shape index (κ1) is 17.6. The number of benzene rings is 2. The molecule has 1 heterocycles. The lowest BCUT2D eigenvalue weighted by atomic mass is 10.1. The Balaban J connectivity index is 1.55. The Morgan fingerprint density at radius 2 is 1.73 bits per heavy atom. The van der Waals surface area contributed by atoms with E-state index in [1.807, 2.05) is 43.3 Å². The Morgan fingerprint density at radius 3 is 2.46 bits per heavy atom. The third-order valence-corrected chi connectivity index (χ3v) is 4.15. The van der Waals surface area contributed by atoms with Crippen molar-refractivity contribution in [1.29, 1.82) is 0 Å². The number of aromatic nitrogens is 2. The monoisotopic (exact) mass is 346 g/mol. The van der Waals surface area contributed by atoms with Crippen molar-refractivity contribution in [3.8, 4) is 0 Å². The van der Waals surface area contributed by atoms with Crippen molar-refractivity contribution < 1.29 is 4.79 Å². The Labute approximate surface area is 153 Å². The maximum absolute atomic E-state index is 12.2. The Bertz CT molecular complexity index is 891. The molecule has 1 amide bonds. The number of aryl methyl sites for hydroxylation is 2. The number of carbonyl (C=O) groups is 1. The van der Waals surface area contributed by atoms with Crippen molar-refractivity contribution in [2.75, 3.05) is 5.32 Å². The number of hydrogen-bond donors (Lipinski definition) is 2. The van der Waals surface area contributed by atoms with Gasteiger partial charge in [-0.1, -0.05) is 54.1 Å². The van der Waals surface area contributed by atoms with Crippen LogP contribution in [-0.2, 0) is 13.1 Å². The average molecular weight is 346 g/mol. The highest BCUT2D eigenvalue weighted by atomic mass is 16.1. The van der Waals surface area contributed by atoms with Crippen molar-refractivity contribution in [2.45, 2.75) is 26.9 Å². The van der Waals surface area contributed by atoms with E-state index < -0.39 is 0 Å². The number of hydrogen-bond acceptors (Lipinski definition) is 4. The maximum atomic E-state index is 12.2. The van der Waals surface area contributed by atoms with Gasteiger partial charge in [0.1, 0.15) is 0 Å². The Hall–Kier alpha value is -3.21. The fourth-order valence-corrected chi connectivity index (χ4v) is 2.63. The molecule has 2 aromatic carbocycles. The Morgan fingerprint density at radius 1 is 0.962 bits per heavy atom. The molecule has 0 aliphatic rings. The quantitative estimate of drug-likeness (QED) is 0.715. The highest BCUT2D eigenvalue weighted by Gasteiger charge is 2.08. The molecule has 0 aliphatic heterocycles. The lowest BCUT2D eigenvalue weighted by Gasteiger charge is -2.08. The second-order valence-electron chi connectivity index (χ2n) is 6.25. The summed E-state index contributed by atoms with van der Waals surface area (Å²) in [4.78, 5) is 20.7. The van der Waals surface area contributed by atoms with Gasteiger partial charge in [-0.25, -0.2) is 9.97 Å². The summed E-state index contributed by atoms with van der Waals surface area (Å²) in [6.07, 6.45) is 3.08. The first-order chi connectivity index (χ1) is 12.6. The summed E-state index contributed by atoms with van der Waals surface area (Å²) in [6, 6.07) is 16.2. The minimum atomic E-state index is -0.182. The number of amides is 1. The molecule has 3 rings (SSSR count). The molecule has 0 saturated carbocycles. The molecule has 0 saturated heterocycles. The topological polar surface area (TPSA) is 66.9 Å². The standard InChI is InChI=1S/C21H22N4O/c1-15-6-5-8-17(10-15)11-23-21-24-13-19(14-25-21)20(26)22-12-18-9-4-3-7-16(18)2/h3-10,13-14H,11-12H2,1-2H3,(H,22,26)(H,23,24,25). The van der Waals surface area contributed by atoms with Crippen LogP contribution in [0.1, 0.15) is 32.6 Å². The van der Waals surface area contributed by atoms with Gasteiger partial charge in [-0.15, -0.1) is 0 Å². The predicted molar refractivity (Wildman–Crippen MR) is 103 cm³/mol. The number of nitrogens with zero attached hydrogens (tertiary/aromatic N) is 2. The third kappa shape index (κ3) is 4.66. The molecule has 0 bridgehead atoms. The first-order valence-electron chi connectivity index (χ1n) is 8.56. The molecule has 2 N–H and O–H groups in total. The highest BCUT2D eigenvalue weighted by Crippen LogP contribution is 2.08. The average Bonchev–Trinajstić information content (AvgIpc) is 2.66. The Kier molecular flexibility index (Phi) is 5.59. The van der Waals surface area contributed by atoms with E-state index in [-0.39, 0.29) is 5.91 Å². The van der Waals surface area contributed by atoms with E-state index in [0.717, 1.165) is 16.7 Å². The molecule has 0 unspecified atom stereocenters. The normalized spacial score (nSPS) is 10.4. The summed E-state index contributed by atoms with van der Waals surface area (Å²) >= 11 is 0. The van der Waals surface area contributed by atoms with E-state index in [1.54, 1.807) is 12.4 Å². The van der Waals surface area contributed by atoms with Crippen molar-refractivity contribution in [3.63, 3.8) is 0 Å². The van der Waals surface area contributed by atoms with E-state index >= 15 is 0 Å². The van der Waals surface area contributed by atoms with Gasteiger partial charge < -0.3 is 10.6 Å². The van der Waals surface area contributed by atoms with Crippen LogP contribution < -0.4 is 10.6 Å². The fraction of sp³-hybridized carbons (Fsp3) is 0.190. The van der Waals surface area contributed by atoms with Crippen molar-refractivity contribution >= 4 is 11.9 Å². The van der Waals surface area contributed by atoms with E-state index in [4.69, 9.17) is 0 Å². The summed E-state index contributed by atoms with van der Waals surface area (Å²) in [5.41, 5.74) is 5.07. The number of anilines is 1. The van der Waals surface area contributed by atoms with Crippen molar-refractivity contribution in [2.24, 2.45) is 0 Å². The van der Waals surface area contributed by atoms with Gasteiger partial charge in [-0.3, -0.25) is 4.79 Å². The van der Waals surface area contributed by atoms with E-state index in [9.17, 15) is 4.79 Å². The van der Waals surface area contributed by atoms with Crippen LogP contribution in [0.2, 0.25) is 0 Å². The van der Waals surface area contributed by atoms with Gasteiger partial charge >= 0.3 is 0 Å². The van der Waals surface area contributed by atoms with Gasteiger partial charge in [-0.2, -0.15) is 0 Å². The minimum Gasteiger partial charge on any atom is -0.350 e. The van der Waals surface area contributed by atoms with Crippen LogP contribution >= 0.6 is 0 Å². The van der Waals surface area contributed by atoms with Crippen LogP contribution in [0.4, 0.5) is 5.95 Å². The molecule has 0 atom stereocenters. The molecule has 26 heavy (non-hydrogen) atoms. The molecule has 0 radical (unpaired) electrons. The van der Waals surface area contributed by atoms with Crippen molar-refractivity contribution in [3.05, 3.63) is 88.7 Å². The summed E-state index contributed by atoms with van der Waals surface area (Å²) < 4.78 is 0. The van der Waals surface area contributed by atoms with Gasteiger partial charge in [0.05, 0.1) is 5.56 Å². The molecular weight excluding hydrogens is 324 g/mol. The highest BCUT2D eigenvalue weighted by molar-refractivity contribution is 5.93. The second-order valence-corrected chi connectivity index (χ2v) is 6.25. The van der Waals surface area contributed by atoms with Crippen LogP contribution in [0, 0.1) is 13.8 Å². The van der Waals surface area contributed by atoms with Crippen LogP contribution in [0.25, 0.3) is 0 Å². The zero-order valence-electron chi connectivity index (χ0n) is 15.0. The molecule has 5 heteroatoms. The zero-order chi connectivity index (χ0) is 18.4. The largest absolute Gasteiger partial charge is 0.350 e. The lowest BCUT2D eigenvalue weighted by Crippen LogP contribution is -2.23. The van der Waals surface area contributed by atoms with Crippen molar-refractivity contribution in [1.82, 2.24) is 15.3 Å². The van der Waals surface area contributed by atoms with Crippen LogP contribution in [-0.4, -0.2) is 15.9 Å². The van der Waals surface area contributed by atoms with Gasteiger partial charge in [0, 0.05) is 25.5 Å². The molecule has 5 nitrogen and oxygen atoms in total. The number of rotatable bonds is 6. The molecule has 0 aliphatic carbocycles. The lowest BCUT2D eigenvalue weighted by molar-refractivity contribution is 0.0950.